The van der Waals surface area contributed by atoms with Crippen molar-refractivity contribution >= 4 is 0 Å². The maximum absolute atomic E-state index is 13.6. The lowest BCUT2D eigenvalue weighted by Crippen LogP contribution is -2.57. The van der Waals surface area contributed by atoms with Gasteiger partial charge >= 0.3 is 0 Å². The average Bonchev–Trinajstić information content (AvgIpc) is 2.22. The number of hydrogen-bond acceptors (Lipinski definition) is 2. The second kappa shape index (κ2) is 5.56. The number of nitrogens with one attached hydrogen (secondary N) is 1. The van der Waals surface area contributed by atoms with Crippen molar-refractivity contribution in [1.29, 1.82) is 0 Å². The van der Waals surface area contributed by atoms with Gasteiger partial charge in [0.05, 0.1) is 0 Å². The lowest BCUT2D eigenvalue weighted by atomic mass is 10.1. The van der Waals surface area contributed by atoms with Crippen LogP contribution in [0.15, 0.2) is 18.2 Å². The maximum Gasteiger partial charge on any atom is 0.163 e. The van der Waals surface area contributed by atoms with Crippen LogP contribution in [0.4, 0.5) is 8.78 Å². The van der Waals surface area contributed by atoms with Gasteiger partial charge in [-0.2, -0.15) is 0 Å². The van der Waals surface area contributed by atoms with E-state index < -0.39 is 11.6 Å². The van der Waals surface area contributed by atoms with Gasteiger partial charge in [-0.15, -0.1) is 0 Å². The summed E-state index contributed by atoms with van der Waals surface area (Å²) in [6, 6.07) is 4.84. The summed E-state index contributed by atoms with van der Waals surface area (Å²) in [4.78, 5) is 2.22. The Morgan fingerprint density at radius 1 is 1.35 bits per heavy atom. The Kier molecular flexibility index (Phi) is 4.07. The molecule has 1 aliphatic rings. The molecule has 2 nitrogen and oxygen atoms in total. The molecule has 1 aromatic carbocycles. The number of benzene rings is 1. The molecule has 0 radical (unpaired) electrons. The molecular formula is C13H18F2N2. The van der Waals surface area contributed by atoms with Gasteiger partial charge in [0.25, 0.3) is 0 Å². The van der Waals surface area contributed by atoms with Crippen molar-refractivity contribution < 1.29 is 8.78 Å². The van der Waals surface area contributed by atoms with Crippen LogP contribution in [-0.4, -0.2) is 30.6 Å². The zero-order valence-electron chi connectivity index (χ0n) is 10.0. The zero-order chi connectivity index (χ0) is 12.3. The molecule has 1 saturated heterocycles. The van der Waals surface area contributed by atoms with E-state index in [9.17, 15) is 8.78 Å². The SMILES string of the molecule is CCCN(Cc1cccc(F)c1F)C1CNC1. The summed E-state index contributed by atoms with van der Waals surface area (Å²) in [5.41, 5.74) is 0.449. The molecule has 2 rings (SSSR count). The minimum Gasteiger partial charge on any atom is -0.314 e. The van der Waals surface area contributed by atoms with Crippen LogP contribution in [0.2, 0.25) is 0 Å². The van der Waals surface area contributed by atoms with Gasteiger partial charge in [-0.3, -0.25) is 4.90 Å². The minimum absolute atomic E-state index is 0.449. The average molecular weight is 240 g/mol. The second-order valence-electron chi connectivity index (χ2n) is 4.50. The third-order valence-corrected chi connectivity index (χ3v) is 3.19. The summed E-state index contributed by atoms with van der Waals surface area (Å²) in [5, 5.41) is 3.20. The fraction of sp³-hybridized carbons (Fsp3) is 0.538. The zero-order valence-corrected chi connectivity index (χ0v) is 10.0. The van der Waals surface area contributed by atoms with E-state index in [1.807, 2.05) is 0 Å². The van der Waals surface area contributed by atoms with E-state index in [2.05, 4.69) is 17.1 Å². The summed E-state index contributed by atoms with van der Waals surface area (Å²) < 4.78 is 26.7. The molecule has 0 amide bonds. The van der Waals surface area contributed by atoms with Gasteiger partial charge in [0, 0.05) is 31.2 Å². The summed E-state index contributed by atoms with van der Waals surface area (Å²) in [6.07, 6.45) is 1.02. The smallest absolute Gasteiger partial charge is 0.163 e. The molecule has 1 N–H and O–H groups in total. The highest BCUT2D eigenvalue weighted by molar-refractivity contribution is 5.19. The van der Waals surface area contributed by atoms with Crippen LogP contribution in [0.1, 0.15) is 18.9 Å². The van der Waals surface area contributed by atoms with Gasteiger partial charge < -0.3 is 5.32 Å². The van der Waals surface area contributed by atoms with Crippen LogP contribution in [0.3, 0.4) is 0 Å². The van der Waals surface area contributed by atoms with E-state index in [1.54, 1.807) is 12.1 Å². The topological polar surface area (TPSA) is 15.3 Å². The minimum atomic E-state index is -0.759. The van der Waals surface area contributed by atoms with Crippen molar-refractivity contribution in [3.63, 3.8) is 0 Å². The number of halogens is 2. The van der Waals surface area contributed by atoms with Crippen molar-refractivity contribution in [1.82, 2.24) is 10.2 Å². The number of hydrogen-bond donors (Lipinski definition) is 1. The molecule has 0 aromatic heterocycles. The summed E-state index contributed by atoms with van der Waals surface area (Å²) in [6.45, 7) is 5.39. The normalized spacial score (nSPS) is 16.2. The molecule has 1 aliphatic heterocycles. The molecule has 1 aromatic rings. The highest BCUT2D eigenvalue weighted by atomic mass is 19.2. The summed E-state index contributed by atoms with van der Waals surface area (Å²) >= 11 is 0. The highest BCUT2D eigenvalue weighted by Gasteiger charge is 2.24. The second-order valence-corrected chi connectivity index (χ2v) is 4.50. The molecule has 0 aliphatic carbocycles. The van der Waals surface area contributed by atoms with Gasteiger partial charge in [0.1, 0.15) is 0 Å². The molecule has 0 unspecified atom stereocenters. The van der Waals surface area contributed by atoms with E-state index >= 15 is 0 Å². The fourth-order valence-electron chi connectivity index (χ4n) is 2.10. The van der Waals surface area contributed by atoms with E-state index in [0.29, 0.717) is 18.2 Å². The molecule has 0 spiro atoms. The Bertz CT molecular complexity index is 378. The molecule has 94 valence electrons. The monoisotopic (exact) mass is 240 g/mol. The van der Waals surface area contributed by atoms with Crippen molar-refractivity contribution in [3.8, 4) is 0 Å². The molecule has 0 bridgehead atoms. The van der Waals surface area contributed by atoms with Crippen molar-refractivity contribution in [2.75, 3.05) is 19.6 Å². The Labute approximate surface area is 101 Å². The van der Waals surface area contributed by atoms with Gasteiger partial charge in [-0.05, 0) is 19.0 Å². The predicted molar refractivity (Wildman–Crippen MR) is 63.7 cm³/mol. The van der Waals surface area contributed by atoms with Crippen molar-refractivity contribution in [2.45, 2.75) is 25.9 Å². The lowest BCUT2D eigenvalue weighted by molar-refractivity contribution is 0.136. The Morgan fingerprint density at radius 3 is 2.71 bits per heavy atom. The third-order valence-electron chi connectivity index (χ3n) is 3.19. The maximum atomic E-state index is 13.6. The number of nitrogens with zero attached hydrogens (tertiary/aromatic N) is 1. The van der Waals surface area contributed by atoms with Crippen LogP contribution in [-0.2, 0) is 6.54 Å². The third kappa shape index (κ3) is 2.82. The van der Waals surface area contributed by atoms with E-state index in [0.717, 1.165) is 32.1 Å². The first kappa shape index (κ1) is 12.5. The summed E-state index contributed by atoms with van der Waals surface area (Å²) in [7, 11) is 0. The predicted octanol–water partition coefficient (Wildman–Crippen LogP) is 2.15. The first-order chi connectivity index (χ1) is 8.22. The fourth-order valence-corrected chi connectivity index (χ4v) is 2.10. The van der Waals surface area contributed by atoms with E-state index in [1.165, 1.54) is 0 Å². The Balaban J connectivity index is 2.08. The molecule has 4 heteroatoms. The van der Waals surface area contributed by atoms with Gasteiger partial charge in [0.2, 0.25) is 0 Å². The first-order valence-corrected chi connectivity index (χ1v) is 6.10. The van der Waals surface area contributed by atoms with Gasteiger partial charge in [-0.25, -0.2) is 8.78 Å². The van der Waals surface area contributed by atoms with E-state index in [4.69, 9.17) is 0 Å². The van der Waals surface area contributed by atoms with Crippen LogP contribution < -0.4 is 5.32 Å². The molecular weight excluding hydrogens is 222 g/mol. The van der Waals surface area contributed by atoms with Crippen LogP contribution in [0, 0.1) is 11.6 Å². The van der Waals surface area contributed by atoms with Crippen LogP contribution in [0.25, 0.3) is 0 Å². The molecule has 0 atom stereocenters. The summed E-state index contributed by atoms with van der Waals surface area (Å²) in [5.74, 6) is -1.47. The molecule has 1 fully saturated rings. The molecule has 1 heterocycles. The largest absolute Gasteiger partial charge is 0.314 e. The Hall–Kier alpha value is -1.00. The van der Waals surface area contributed by atoms with Gasteiger partial charge in [-0.1, -0.05) is 19.1 Å². The van der Waals surface area contributed by atoms with Crippen molar-refractivity contribution in [3.05, 3.63) is 35.4 Å². The standard InChI is InChI=1S/C13H18F2N2/c1-2-6-17(11-7-16-8-11)9-10-4-3-5-12(14)13(10)15/h3-5,11,16H,2,6-9H2,1H3. The van der Waals surface area contributed by atoms with Gasteiger partial charge in [0.15, 0.2) is 11.6 Å². The molecule has 17 heavy (non-hydrogen) atoms. The quantitative estimate of drug-likeness (QED) is 0.848. The first-order valence-electron chi connectivity index (χ1n) is 6.10. The Morgan fingerprint density at radius 2 is 2.12 bits per heavy atom. The van der Waals surface area contributed by atoms with E-state index in [-0.39, 0.29) is 0 Å². The molecule has 0 saturated carbocycles. The van der Waals surface area contributed by atoms with Crippen LogP contribution in [0.5, 0.6) is 0 Å². The lowest BCUT2D eigenvalue weighted by Gasteiger charge is -2.38. The highest BCUT2D eigenvalue weighted by Crippen LogP contribution is 2.16. The van der Waals surface area contributed by atoms with Crippen LogP contribution >= 0.6 is 0 Å². The van der Waals surface area contributed by atoms with Crippen molar-refractivity contribution in [2.24, 2.45) is 0 Å². The number of rotatable bonds is 5.